The molecule has 1 aliphatic heterocycles. The summed E-state index contributed by atoms with van der Waals surface area (Å²) in [6.45, 7) is 1.90. The maximum atomic E-state index is 11.7. The van der Waals surface area contributed by atoms with E-state index < -0.39 is 0 Å². The highest BCUT2D eigenvalue weighted by atomic mass is 16.6. The molecule has 1 N–H and O–H groups in total. The van der Waals surface area contributed by atoms with Crippen LogP contribution in [0, 0.1) is 17.8 Å². The zero-order valence-electron chi connectivity index (χ0n) is 9.56. The maximum Gasteiger partial charge on any atom is 0.313 e. The predicted octanol–water partition coefficient (Wildman–Crippen LogP) is 1.66. The molecule has 1 heterocycles. The summed E-state index contributed by atoms with van der Waals surface area (Å²) in [6.07, 6.45) is 6.08. The number of cyclic esters (lactones) is 1. The molecule has 0 radical (unpaired) electrons. The minimum absolute atomic E-state index is 0.0145. The number of carbonyl (C=O) groups is 1. The molecule has 3 aliphatic rings. The van der Waals surface area contributed by atoms with Crippen molar-refractivity contribution in [2.45, 2.75) is 44.8 Å². The van der Waals surface area contributed by atoms with E-state index >= 15 is 0 Å². The van der Waals surface area contributed by atoms with E-state index in [1.807, 2.05) is 6.92 Å². The number of carbonyl (C=O) groups excluding carboxylic acids is 1. The fraction of sp³-hybridized carbons (Fsp3) is 0.769. The molecule has 0 aromatic rings. The molecular formula is C13H18O3. The summed E-state index contributed by atoms with van der Waals surface area (Å²) in [5, 5.41) is 10.4. The van der Waals surface area contributed by atoms with Gasteiger partial charge in [0.2, 0.25) is 0 Å². The van der Waals surface area contributed by atoms with Crippen LogP contribution in [0.15, 0.2) is 11.6 Å². The highest BCUT2D eigenvalue weighted by Gasteiger charge is 2.50. The fourth-order valence-electron chi connectivity index (χ4n) is 3.62. The Labute approximate surface area is 95.5 Å². The van der Waals surface area contributed by atoms with Crippen molar-refractivity contribution in [2.24, 2.45) is 17.8 Å². The van der Waals surface area contributed by atoms with Gasteiger partial charge in [0, 0.05) is 11.8 Å². The molecule has 0 spiro atoms. The second-order valence-electron chi connectivity index (χ2n) is 5.33. The molecule has 2 fully saturated rings. The minimum Gasteiger partial charge on any atom is -0.462 e. The van der Waals surface area contributed by atoms with Crippen molar-refractivity contribution < 1.29 is 14.6 Å². The van der Waals surface area contributed by atoms with Crippen molar-refractivity contribution in [3.05, 3.63) is 11.6 Å². The molecular weight excluding hydrogens is 204 g/mol. The third kappa shape index (κ3) is 1.34. The van der Waals surface area contributed by atoms with Crippen LogP contribution in [-0.2, 0) is 9.53 Å². The Morgan fingerprint density at radius 1 is 1.44 bits per heavy atom. The van der Waals surface area contributed by atoms with Gasteiger partial charge < -0.3 is 9.84 Å². The zero-order chi connectivity index (χ0) is 11.3. The Hall–Kier alpha value is -0.830. The number of hydrogen-bond acceptors (Lipinski definition) is 3. The minimum atomic E-state index is -0.383. The number of aliphatic hydroxyl groups excluding tert-OH is 1. The van der Waals surface area contributed by atoms with E-state index in [1.54, 1.807) is 0 Å². The average Bonchev–Trinajstić information content (AvgIpc) is 2.55. The van der Waals surface area contributed by atoms with Crippen LogP contribution in [0.2, 0.25) is 0 Å². The quantitative estimate of drug-likeness (QED) is 0.501. The topological polar surface area (TPSA) is 46.5 Å². The molecule has 88 valence electrons. The van der Waals surface area contributed by atoms with Gasteiger partial charge in [0.05, 0.1) is 12.0 Å². The van der Waals surface area contributed by atoms with Crippen molar-refractivity contribution in [3.8, 4) is 0 Å². The van der Waals surface area contributed by atoms with Crippen LogP contribution in [0.25, 0.3) is 0 Å². The summed E-state index contributed by atoms with van der Waals surface area (Å²) in [5.41, 5.74) is 1.30. The van der Waals surface area contributed by atoms with E-state index in [-0.39, 0.29) is 35.9 Å². The number of fused-ring (bicyclic) bond motifs is 2. The molecule has 16 heavy (non-hydrogen) atoms. The lowest BCUT2D eigenvalue weighted by atomic mass is 9.67. The first-order valence-corrected chi connectivity index (χ1v) is 6.27. The molecule has 0 bridgehead atoms. The summed E-state index contributed by atoms with van der Waals surface area (Å²) in [6, 6.07) is 0. The number of rotatable bonds is 0. The lowest BCUT2D eigenvalue weighted by molar-refractivity contribution is -0.142. The number of ether oxygens (including phenoxy) is 1. The molecule has 3 heteroatoms. The first-order valence-electron chi connectivity index (χ1n) is 6.27. The second kappa shape index (κ2) is 3.59. The molecule has 3 rings (SSSR count). The summed E-state index contributed by atoms with van der Waals surface area (Å²) < 4.78 is 5.24. The lowest BCUT2D eigenvalue weighted by Crippen LogP contribution is -2.42. The average molecular weight is 222 g/mol. The first kappa shape index (κ1) is 10.3. The van der Waals surface area contributed by atoms with Crippen molar-refractivity contribution >= 4 is 5.97 Å². The van der Waals surface area contributed by atoms with Crippen LogP contribution < -0.4 is 0 Å². The fourth-order valence-corrected chi connectivity index (χ4v) is 3.62. The molecule has 0 aromatic carbocycles. The molecule has 1 saturated carbocycles. The molecule has 5 atom stereocenters. The van der Waals surface area contributed by atoms with Crippen molar-refractivity contribution in [3.63, 3.8) is 0 Å². The summed E-state index contributed by atoms with van der Waals surface area (Å²) in [7, 11) is 0. The third-order valence-electron chi connectivity index (χ3n) is 4.44. The highest BCUT2D eigenvalue weighted by molar-refractivity contribution is 5.78. The largest absolute Gasteiger partial charge is 0.462 e. The van der Waals surface area contributed by atoms with Crippen LogP contribution in [0.5, 0.6) is 0 Å². The Balaban J connectivity index is 1.97. The molecule has 1 saturated heterocycles. The normalized spacial score (nSPS) is 46.8. The monoisotopic (exact) mass is 222 g/mol. The Morgan fingerprint density at radius 3 is 3.06 bits per heavy atom. The molecule has 2 aliphatic carbocycles. The maximum absolute atomic E-state index is 11.7. The predicted molar refractivity (Wildman–Crippen MR) is 58.6 cm³/mol. The van der Waals surface area contributed by atoms with E-state index in [2.05, 4.69) is 6.08 Å². The smallest absolute Gasteiger partial charge is 0.313 e. The summed E-state index contributed by atoms with van der Waals surface area (Å²) in [5.74, 6) is -0.0614. The van der Waals surface area contributed by atoms with Gasteiger partial charge in [-0.05, 0) is 26.2 Å². The number of hydrogen-bond donors (Lipinski definition) is 1. The van der Waals surface area contributed by atoms with Gasteiger partial charge >= 0.3 is 5.97 Å². The van der Waals surface area contributed by atoms with E-state index in [9.17, 15) is 9.90 Å². The van der Waals surface area contributed by atoms with Gasteiger partial charge in [-0.3, -0.25) is 4.79 Å². The standard InChI is InChI=1S/C13H18O3/c1-7-11-10(13(15)16-7)6-8-4-2-3-5-9(8)12(11)14/h6-7,9-12,14H,2-5H2,1H3. The molecule has 5 unspecified atom stereocenters. The number of aliphatic hydroxyl groups is 1. The first-order chi connectivity index (χ1) is 7.68. The van der Waals surface area contributed by atoms with Crippen molar-refractivity contribution in [1.82, 2.24) is 0 Å². The van der Waals surface area contributed by atoms with Gasteiger partial charge in [-0.25, -0.2) is 0 Å². The third-order valence-corrected chi connectivity index (χ3v) is 4.44. The van der Waals surface area contributed by atoms with Gasteiger partial charge in [0.25, 0.3) is 0 Å². The van der Waals surface area contributed by atoms with Crippen LogP contribution in [0.4, 0.5) is 0 Å². The molecule has 0 amide bonds. The SMILES string of the molecule is CC1OC(=O)C2C=C3CCCCC3C(O)C12. The van der Waals surface area contributed by atoms with E-state index in [1.165, 1.54) is 18.4 Å². The van der Waals surface area contributed by atoms with Gasteiger partial charge in [0.15, 0.2) is 0 Å². The van der Waals surface area contributed by atoms with Crippen molar-refractivity contribution in [1.29, 1.82) is 0 Å². The van der Waals surface area contributed by atoms with Crippen LogP contribution in [-0.4, -0.2) is 23.3 Å². The summed E-state index contributed by atoms with van der Waals surface area (Å²) >= 11 is 0. The number of esters is 1. The Kier molecular flexibility index (Phi) is 2.32. The van der Waals surface area contributed by atoms with E-state index in [4.69, 9.17) is 4.74 Å². The van der Waals surface area contributed by atoms with Gasteiger partial charge in [-0.1, -0.05) is 18.1 Å². The van der Waals surface area contributed by atoms with Crippen LogP contribution in [0.3, 0.4) is 0 Å². The Bertz CT molecular complexity index is 347. The van der Waals surface area contributed by atoms with E-state index in [0.29, 0.717) is 0 Å². The van der Waals surface area contributed by atoms with Crippen LogP contribution >= 0.6 is 0 Å². The zero-order valence-corrected chi connectivity index (χ0v) is 9.56. The Morgan fingerprint density at radius 2 is 2.25 bits per heavy atom. The lowest BCUT2D eigenvalue weighted by Gasteiger charge is -2.38. The van der Waals surface area contributed by atoms with Gasteiger partial charge in [-0.15, -0.1) is 0 Å². The highest BCUT2D eigenvalue weighted by Crippen LogP contribution is 2.46. The van der Waals surface area contributed by atoms with Crippen LogP contribution in [0.1, 0.15) is 32.6 Å². The van der Waals surface area contributed by atoms with Gasteiger partial charge in [0.1, 0.15) is 6.10 Å². The second-order valence-corrected chi connectivity index (χ2v) is 5.33. The van der Waals surface area contributed by atoms with E-state index in [0.717, 1.165) is 12.8 Å². The molecule has 3 nitrogen and oxygen atoms in total. The molecule has 0 aromatic heterocycles. The van der Waals surface area contributed by atoms with Gasteiger partial charge in [-0.2, -0.15) is 0 Å². The summed E-state index contributed by atoms with van der Waals surface area (Å²) in [4.78, 5) is 11.7. The van der Waals surface area contributed by atoms with Crippen molar-refractivity contribution in [2.75, 3.05) is 0 Å².